The van der Waals surface area contributed by atoms with E-state index < -0.39 is 0 Å². The van der Waals surface area contributed by atoms with E-state index in [0.29, 0.717) is 5.75 Å². The molecule has 7 heteroatoms. The molecule has 0 spiro atoms. The minimum atomic E-state index is 0.196. The summed E-state index contributed by atoms with van der Waals surface area (Å²) in [5.74, 6) is 0.629. The van der Waals surface area contributed by atoms with Crippen LogP contribution in [0.4, 0.5) is 0 Å². The van der Waals surface area contributed by atoms with Crippen LogP contribution in [0.15, 0.2) is 47.8 Å². The Balaban J connectivity index is 1.30. The topological polar surface area (TPSA) is 49.3 Å². The number of fused-ring (bicyclic) bond motifs is 1. The summed E-state index contributed by atoms with van der Waals surface area (Å²) in [6, 6.07) is 12.7. The molecule has 146 valence electrons. The van der Waals surface area contributed by atoms with Crippen molar-refractivity contribution in [3.63, 3.8) is 0 Å². The molecule has 1 aliphatic heterocycles. The van der Waals surface area contributed by atoms with E-state index in [0.717, 1.165) is 54.4 Å². The van der Waals surface area contributed by atoms with E-state index in [1.54, 1.807) is 17.7 Å². The Labute approximate surface area is 173 Å². The van der Waals surface area contributed by atoms with E-state index in [1.807, 2.05) is 11.0 Å². The summed E-state index contributed by atoms with van der Waals surface area (Å²) in [7, 11) is 0. The molecule has 1 aliphatic rings. The van der Waals surface area contributed by atoms with E-state index in [9.17, 15) is 4.79 Å². The van der Waals surface area contributed by atoms with E-state index in [2.05, 4.69) is 52.1 Å². The fourth-order valence-corrected chi connectivity index (χ4v) is 5.27. The standard InChI is InChI=1S/C21H24N4OS2/c1-2-17-12-18-20(22-15-23-21(18)28-17)27-14-19(26)25-10-8-24(9-11-25)13-16-6-4-3-5-7-16/h3-7,12,15H,2,8-11,13-14H2,1H3. The van der Waals surface area contributed by atoms with Gasteiger partial charge in [-0.3, -0.25) is 9.69 Å². The summed E-state index contributed by atoms with van der Waals surface area (Å²) >= 11 is 3.24. The van der Waals surface area contributed by atoms with Crippen molar-refractivity contribution in [2.75, 3.05) is 31.9 Å². The summed E-state index contributed by atoms with van der Waals surface area (Å²) in [6.07, 6.45) is 2.60. The van der Waals surface area contributed by atoms with Crippen molar-refractivity contribution in [3.8, 4) is 0 Å². The van der Waals surface area contributed by atoms with Gasteiger partial charge in [-0.05, 0) is 18.1 Å². The first-order valence-corrected chi connectivity index (χ1v) is 11.4. The second-order valence-electron chi connectivity index (χ2n) is 6.90. The van der Waals surface area contributed by atoms with Crippen molar-refractivity contribution in [1.29, 1.82) is 0 Å². The molecule has 0 saturated carbocycles. The van der Waals surface area contributed by atoms with Gasteiger partial charge < -0.3 is 4.90 Å². The van der Waals surface area contributed by atoms with Gasteiger partial charge in [0.2, 0.25) is 5.91 Å². The molecule has 2 aromatic heterocycles. The minimum Gasteiger partial charge on any atom is -0.339 e. The third-order valence-electron chi connectivity index (χ3n) is 5.00. The van der Waals surface area contributed by atoms with Crippen molar-refractivity contribution < 1.29 is 4.79 Å². The van der Waals surface area contributed by atoms with Crippen molar-refractivity contribution in [2.24, 2.45) is 0 Å². The first kappa shape index (κ1) is 19.4. The number of carbonyl (C=O) groups excluding carboxylic acids is 1. The number of rotatable bonds is 6. The molecule has 0 aliphatic carbocycles. The largest absolute Gasteiger partial charge is 0.339 e. The predicted molar refractivity (Wildman–Crippen MR) is 116 cm³/mol. The van der Waals surface area contributed by atoms with Crippen LogP contribution >= 0.6 is 23.1 Å². The van der Waals surface area contributed by atoms with Crippen LogP contribution in [0, 0.1) is 0 Å². The summed E-state index contributed by atoms with van der Waals surface area (Å²) in [4.78, 5) is 28.2. The molecule has 28 heavy (non-hydrogen) atoms. The molecular weight excluding hydrogens is 388 g/mol. The lowest BCUT2D eigenvalue weighted by molar-refractivity contribution is -0.130. The third-order valence-corrected chi connectivity index (χ3v) is 7.18. The fraction of sp³-hybridized carbons (Fsp3) is 0.381. The van der Waals surface area contributed by atoms with Gasteiger partial charge in [-0.2, -0.15) is 0 Å². The van der Waals surface area contributed by atoms with Gasteiger partial charge in [0.05, 0.1) is 5.75 Å². The highest BCUT2D eigenvalue weighted by molar-refractivity contribution is 8.00. The first-order chi connectivity index (χ1) is 13.7. The zero-order valence-electron chi connectivity index (χ0n) is 16.0. The molecule has 5 nitrogen and oxygen atoms in total. The van der Waals surface area contributed by atoms with Crippen LogP contribution in [0.3, 0.4) is 0 Å². The van der Waals surface area contributed by atoms with Crippen LogP contribution in [-0.2, 0) is 17.8 Å². The molecule has 1 aromatic carbocycles. The van der Waals surface area contributed by atoms with Crippen LogP contribution in [0.2, 0.25) is 0 Å². The highest BCUT2D eigenvalue weighted by atomic mass is 32.2. The molecule has 0 unspecified atom stereocenters. The Morgan fingerprint density at radius 1 is 1.14 bits per heavy atom. The predicted octanol–water partition coefficient (Wildman–Crippen LogP) is 3.69. The van der Waals surface area contributed by atoms with Gasteiger partial charge >= 0.3 is 0 Å². The fourth-order valence-electron chi connectivity index (χ4n) is 3.39. The van der Waals surface area contributed by atoms with Crippen molar-refractivity contribution >= 4 is 39.2 Å². The molecule has 3 heterocycles. The van der Waals surface area contributed by atoms with Crippen LogP contribution < -0.4 is 0 Å². The molecule has 0 radical (unpaired) electrons. The van der Waals surface area contributed by atoms with Gasteiger partial charge in [0.25, 0.3) is 0 Å². The van der Waals surface area contributed by atoms with E-state index >= 15 is 0 Å². The van der Waals surface area contributed by atoms with Crippen molar-refractivity contribution in [3.05, 3.63) is 53.2 Å². The average Bonchev–Trinajstić information content (AvgIpc) is 3.17. The Morgan fingerprint density at radius 3 is 2.68 bits per heavy atom. The molecule has 0 atom stereocenters. The number of hydrogen-bond donors (Lipinski definition) is 0. The van der Waals surface area contributed by atoms with Gasteiger partial charge in [-0.15, -0.1) is 11.3 Å². The van der Waals surface area contributed by atoms with Crippen LogP contribution in [0.1, 0.15) is 17.4 Å². The maximum absolute atomic E-state index is 12.7. The number of nitrogens with zero attached hydrogens (tertiary/aromatic N) is 4. The lowest BCUT2D eigenvalue weighted by atomic mass is 10.2. The molecule has 3 aromatic rings. The number of benzene rings is 1. The third kappa shape index (κ3) is 4.54. The minimum absolute atomic E-state index is 0.196. The van der Waals surface area contributed by atoms with Gasteiger partial charge in [0.15, 0.2) is 0 Å². The molecular formula is C21H24N4OS2. The lowest BCUT2D eigenvalue weighted by Gasteiger charge is -2.34. The zero-order valence-corrected chi connectivity index (χ0v) is 17.6. The summed E-state index contributed by atoms with van der Waals surface area (Å²) < 4.78 is 0. The number of amides is 1. The van der Waals surface area contributed by atoms with Crippen LogP contribution in [0.25, 0.3) is 10.2 Å². The number of thiophene rings is 1. The Morgan fingerprint density at radius 2 is 1.93 bits per heavy atom. The SMILES string of the molecule is CCc1cc2c(SCC(=O)N3CCN(Cc4ccccc4)CC3)ncnc2s1. The molecule has 0 N–H and O–H groups in total. The number of thioether (sulfide) groups is 1. The summed E-state index contributed by atoms with van der Waals surface area (Å²) in [5, 5.41) is 1.99. The maximum Gasteiger partial charge on any atom is 0.233 e. The first-order valence-electron chi connectivity index (χ1n) is 9.63. The van der Waals surface area contributed by atoms with E-state index in [4.69, 9.17) is 0 Å². The number of aromatic nitrogens is 2. The van der Waals surface area contributed by atoms with Crippen LogP contribution in [0.5, 0.6) is 0 Å². The lowest BCUT2D eigenvalue weighted by Crippen LogP contribution is -2.48. The van der Waals surface area contributed by atoms with Gasteiger partial charge in [0.1, 0.15) is 16.2 Å². The highest BCUT2D eigenvalue weighted by Crippen LogP contribution is 2.31. The second-order valence-corrected chi connectivity index (χ2v) is 8.97. The van der Waals surface area contributed by atoms with Gasteiger partial charge in [0, 0.05) is 43.0 Å². The van der Waals surface area contributed by atoms with E-state index in [-0.39, 0.29) is 5.91 Å². The number of hydrogen-bond acceptors (Lipinski definition) is 6. The molecule has 1 saturated heterocycles. The molecule has 1 amide bonds. The Hall–Kier alpha value is -1.96. The molecule has 0 bridgehead atoms. The van der Waals surface area contributed by atoms with E-state index in [1.165, 1.54) is 22.2 Å². The number of aryl methyl sites for hydroxylation is 1. The summed E-state index contributed by atoms with van der Waals surface area (Å²) in [5.41, 5.74) is 1.33. The maximum atomic E-state index is 12.7. The molecule has 1 fully saturated rings. The second kappa shape index (κ2) is 9.03. The van der Waals surface area contributed by atoms with Crippen molar-refractivity contribution in [2.45, 2.75) is 24.9 Å². The average molecular weight is 413 g/mol. The van der Waals surface area contributed by atoms with Gasteiger partial charge in [-0.25, -0.2) is 9.97 Å². The van der Waals surface area contributed by atoms with Crippen molar-refractivity contribution in [1.82, 2.24) is 19.8 Å². The number of piperazine rings is 1. The summed E-state index contributed by atoms with van der Waals surface area (Å²) in [6.45, 7) is 6.54. The normalized spacial score (nSPS) is 15.2. The molecule has 4 rings (SSSR count). The monoisotopic (exact) mass is 412 g/mol. The highest BCUT2D eigenvalue weighted by Gasteiger charge is 2.21. The smallest absolute Gasteiger partial charge is 0.233 e. The number of carbonyl (C=O) groups is 1. The Kier molecular flexibility index (Phi) is 6.24. The Bertz CT molecular complexity index is 936. The quantitative estimate of drug-likeness (QED) is 0.456. The van der Waals surface area contributed by atoms with Gasteiger partial charge in [-0.1, -0.05) is 49.0 Å². The zero-order chi connectivity index (χ0) is 19.3. The van der Waals surface area contributed by atoms with Crippen LogP contribution in [-0.4, -0.2) is 57.6 Å².